The minimum Gasteiger partial charge on any atom is -0.408 e. The van der Waals surface area contributed by atoms with Crippen molar-refractivity contribution in [3.05, 3.63) is 35.5 Å². The predicted molar refractivity (Wildman–Crippen MR) is 80.6 cm³/mol. The molecule has 0 atom stereocenters. The number of benzene rings is 1. The number of anilines is 1. The van der Waals surface area contributed by atoms with Gasteiger partial charge in [0.25, 0.3) is 0 Å². The van der Waals surface area contributed by atoms with Gasteiger partial charge < -0.3 is 10.2 Å². The highest BCUT2D eigenvalue weighted by molar-refractivity contribution is 7.89. The van der Waals surface area contributed by atoms with E-state index in [0.29, 0.717) is 31.8 Å². The molecular weight excluding hydrogens is 323 g/mol. The van der Waals surface area contributed by atoms with Gasteiger partial charge in [0.15, 0.2) is 0 Å². The number of hydrogen-bond donors (Lipinski definition) is 1. The van der Waals surface area contributed by atoms with E-state index in [1.807, 2.05) is 0 Å². The van der Waals surface area contributed by atoms with Gasteiger partial charge in [0, 0.05) is 24.6 Å². The third-order valence-electron chi connectivity index (χ3n) is 4.10. The number of aromatic nitrogens is 2. The van der Waals surface area contributed by atoms with Crippen LogP contribution in [-0.4, -0.2) is 36.0 Å². The van der Waals surface area contributed by atoms with Crippen molar-refractivity contribution in [2.75, 3.05) is 18.8 Å². The summed E-state index contributed by atoms with van der Waals surface area (Å²) >= 11 is 0. The van der Waals surface area contributed by atoms with Gasteiger partial charge in [-0.15, -0.1) is 5.10 Å². The van der Waals surface area contributed by atoms with Crippen molar-refractivity contribution in [3.63, 3.8) is 0 Å². The first-order chi connectivity index (χ1) is 10.9. The molecule has 1 aliphatic rings. The van der Waals surface area contributed by atoms with Crippen LogP contribution in [0.1, 0.15) is 30.2 Å². The van der Waals surface area contributed by atoms with E-state index < -0.39 is 15.8 Å². The molecule has 0 saturated carbocycles. The molecule has 0 unspecified atom stereocenters. The zero-order valence-corrected chi connectivity index (χ0v) is 13.4. The Morgan fingerprint density at radius 3 is 2.61 bits per heavy atom. The van der Waals surface area contributed by atoms with E-state index >= 15 is 0 Å². The summed E-state index contributed by atoms with van der Waals surface area (Å²) in [6.45, 7) is 2.09. The number of nitrogens with zero attached hydrogens (tertiary/aromatic N) is 3. The van der Waals surface area contributed by atoms with Crippen LogP contribution in [0.3, 0.4) is 0 Å². The molecule has 0 bridgehead atoms. The fourth-order valence-electron chi connectivity index (χ4n) is 2.76. The fourth-order valence-corrected chi connectivity index (χ4v) is 4.47. The molecule has 0 aliphatic carbocycles. The van der Waals surface area contributed by atoms with Crippen LogP contribution in [0.5, 0.6) is 0 Å². The first-order valence-electron chi connectivity index (χ1n) is 7.23. The van der Waals surface area contributed by atoms with Crippen molar-refractivity contribution in [1.82, 2.24) is 14.5 Å². The molecule has 2 heterocycles. The summed E-state index contributed by atoms with van der Waals surface area (Å²) in [5, 5.41) is 7.47. The maximum atomic E-state index is 13.6. The highest BCUT2D eigenvalue weighted by Crippen LogP contribution is 2.31. The summed E-state index contributed by atoms with van der Waals surface area (Å²) in [5.74, 6) is -0.108. The lowest BCUT2D eigenvalue weighted by Gasteiger charge is -2.30. The van der Waals surface area contributed by atoms with Gasteiger partial charge in [0.2, 0.25) is 15.9 Å². The van der Waals surface area contributed by atoms with Crippen LogP contribution in [0, 0.1) is 12.7 Å². The summed E-state index contributed by atoms with van der Waals surface area (Å²) in [5.41, 5.74) is 5.54. The first kappa shape index (κ1) is 15.9. The van der Waals surface area contributed by atoms with E-state index in [9.17, 15) is 12.8 Å². The molecular formula is C14H17FN4O3S. The summed E-state index contributed by atoms with van der Waals surface area (Å²) in [7, 11) is -3.71. The van der Waals surface area contributed by atoms with Gasteiger partial charge in [0.1, 0.15) is 5.82 Å². The first-order valence-corrected chi connectivity index (χ1v) is 8.67. The van der Waals surface area contributed by atoms with E-state index in [4.69, 9.17) is 10.2 Å². The molecule has 2 aromatic rings. The smallest absolute Gasteiger partial charge is 0.312 e. The maximum Gasteiger partial charge on any atom is 0.312 e. The van der Waals surface area contributed by atoms with Gasteiger partial charge in [-0.3, -0.25) is 0 Å². The Morgan fingerprint density at radius 1 is 1.30 bits per heavy atom. The average molecular weight is 340 g/mol. The lowest BCUT2D eigenvalue weighted by molar-refractivity contribution is 0.291. The highest BCUT2D eigenvalue weighted by atomic mass is 32.2. The minimum atomic E-state index is -3.71. The highest BCUT2D eigenvalue weighted by Gasteiger charge is 2.33. The predicted octanol–water partition coefficient (Wildman–Crippen LogP) is 1.67. The van der Waals surface area contributed by atoms with Crippen LogP contribution in [0.2, 0.25) is 0 Å². The molecule has 23 heavy (non-hydrogen) atoms. The lowest BCUT2D eigenvalue weighted by atomic mass is 9.98. The molecule has 1 aromatic carbocycles. The Labute approximate surface area is 133 Å². The Bertz CT molecular complexity index is 813. The van der Waals surface area contributed by atoms with Crippen molar-refractivity contribution >= 4 is 16.0 Å². The number of halogens is 1. The normalized spacial score (nSPS) is 17.5. The van der Waals surface area contributed by atoms with Gasteiger partial charge in [-0.05, 0) is 31.9 Å². The van der Waals surface area contributed by atoms with Crippen molar-refractivity contribution in [2.45, 2.75) is 30.6 Å². The van der Waals surface area contributed by atoms with E-state index in [1.165, 1.54) is 29.4 Å². The van der Waals surface area contributed by atoms with Gasteiger partial charge in [0.05, 0.1) is 4.90 Å². The summed E-state index contributed by atoms with van der Waals surface area (Å²) in [6, 6.07) is 4.09. The Morgan fingerprint density at radius 2 is 2.00 bits per heavy atom. The third kappa shape index (κ3) is 2.93. The van der Waals surface area contributed by atoms with Crippen molar-refractivity contribution in [1.29, 1.82) is 0 Å². The van der Waals surface area contributed by atoms with Crippen LogP contribution in [0.25, 0.3) is 0 Å². The van der Waals surface area contributed by atoms with Crippen LogP contribution < -0.4 is 5.73 Å². The molecule has 1 saturated heterocycles. The summed E-state index contributed by atoms with van der Waals surface area (Å²) in [6.07, 6.45) is 1.10. The molecule has 7 nitrogen and oxygen atoms in total. The van der Waals surface area contributed by atoms with Crippen LogP contribution in [0.15, 0.2) is 27.5 Å². The van der Waals surface area contributed by atoms with E-state index in [2.05, 4.69) is 10.2 Å². The molecule has 1 aliphatic heterocycles. The fraction of sp³-hybridized carbons (Fsp3) is 0.429. The molecule has 124 valence electrons. The van der Waals surface area contributed by atoms with Gasteiger partial charge in [-0.25, -0.2) is 12.8 Å². The topological polar surface area (TPSA) is 102 Å². The standard InChI is InChI=1S/C14H17FN4O3S/c1-9-11(15)3-2-4-12(9)23(20,21)19-7-5-10(6-8-19)13-17-18-14(16)22-13/h2-4,10H,5-8H2,1H3,(H2,16,18). The van der Waals surface area contributed by atoms with Gasteiger partial charge in [-0.1, -0.05) is 11.2 Å². The molecule has 1 aromatic heterocycles. The van der Waals surface area contributed by atoms with E-state index in [1.54, 1.807) is 0 Å². The van der Waals surface area contributed by atoms with Crippen LogP contribution in [-0.2, 0) is 10.0 Å². The number of hydrogen-bond acceptors (Lipinski definition) is 6. The Balaban J connectivity index is 1.77. The van der Waals surface area contributed by atoms with Crippen LogP contribution >= 0.6 is 0 Å². The van der Waals surface area contributed by atoms with E-state index in [-0.39, 0.29) is 22.4 Å². The number of nitrogens with two attached hydrogens (primary N) is 1. The Hall–Kier alpha value is -2.00. The van der Waals surface area contributed by atoms with Gasteiger partial charge >= 0.3 is 6.01 Å². The summed E-state index contributed by atoms with van der Waals surface area (Å²) in [4.78, 5) is 0.0120. The molecule has 1 fully saturated rings. The quantitative estimate of drug-likeness (QED) is 0.912. The second-order valence-corrected chi connectivity index (χ2v) is 7.43. The molecule has 9 heteroatoms. The van der Waals surface area contributed by atoms with Crippen molar-refractivity contribution < 1.29 is 17.2 Å². The van der Waals surface area contributed by atoms with Gasteiger partial charge in [-0.2, -0.15) is 4.31 Å². The molecule has 2 N–H and O–H groups in total. The van der Waals surface area contributed by atoms with E-state index in [0.717, 1.165) is 0 Å². The van der Waals surface area contributed by atoms with Crippen molar-refractivity contribution in [3.8, 4) is 0 Å². The largest absolute Gasteiger partial charge is 0.408 e. The molecule has 0 radical (unpaired) electrons. The second-order valence-electron chi connectivity index (χ2n) is 5.52. The number of sulfonamides is 1. The monoisotopic (exact) mass is 340 g/mol. The molecule has 0 spiro atoms. The number of nitrogen functional groups attached to an aromatic ring is 1. The maximum absolute atomic E-state index is 13.6. The minimum absolute atomic E-state index is 0.00503. The average Bonchev–Trinajstić information content (AvgIpc) is 2.96. The zero-order chi connectivity index (χ0) is 16.6. The van der Waals surface area contributed by atoms with Crippen molar-refractivity contribution in [2.24, 2.45) is 0 Å². The number of piperidine rings is 1. The summed E-state index contributed by atoms with van der Waals surface area (Å²) < 4.78 is 45.6. The Kier molecular flexibility index (Phi) is 4.07. The molecule has 0 amide bonds. The van der Waals surface area contributed by atoms with Crippen LogP contribution in [0.4, 0.5) is 10.4 Å². The third-order valence-corrected chi connectivity index (χ3v) is 6.14. The number of rotatable bonds is 3. The lowest BCUT2D eigenvalue weighted by Crippen LogP contribution is -2.38. The SMILES string of the molecule is Cc1c(F)cccc1S(=O)(=O)N1CCC(c2nnc(N)o2)CC1. The zero-order valence-electron chi connectivity index (χ0n) is 12.6. The molecule has 3 rings (SSSR count). The second kappa shape index (κ2) is 5.89.